The fourth-order valence-electron chi connectivity index (χ4n) is 0.399. The highest BCUT2D eigenvalue weighted by molar-refractivity contribution is 7.79. The van der Waals surface area contributed by atoms with Gasteiger partial charge in [0.05, 0.1) is 6.54 Å². The van der Waals surface area contributed by atoms with Crippen molar-refractivity contribution in [2.24, 2.45) is 16.5 Å². The molecule has 6 N–H and O–H groups in total. The van der Waals surface area contributed by atoms with Crippen molar-refractivity contribution in [3.8, 4) is 0 Å². The van der Waals surface area contributed by atoms with E-state index in [9.17, 15) is 0 Å². The summed E-state index contributed by atoms with van der Waals surface area (Å²) in [6.07, 6.45) is 4.98. The molecule has 14 heavy (non-hydrogen) atoms. The van der Waals surface area contributed by atoms with E-state index in [2.05, 4.69) is 11.9 Å². The van der Waals surface area contributed by atoms with Gasteiger partial charge in [-0.05, 0) is 6.42 Å². The Labute approximate surface area is 83.1 Å². The number of hydrogen-bond acceptors (Lipinski definition) is 3. The summed E-state index contributed by atoms with van der Waals surface area (Å²) in [6.45, 7) is 2.65. The van der Waals surface area contributed by atoms with Crippen molar-refractivity contribution in [1.82, 2.24) is 0 Å². The molecular weight excluding hydrogens is 210 g/mol. The smallest absolute Gasteiger partial charge is 0.370 e. The fraction of sp³-hybridized carbons (Fsp3) is 0.500. The van der Waals surface area contributed by atoms with Crippen LogP contribution in [0.4, 0.5) is 0 Å². The molecule has 0 heterocycles. The van der Waals surface area contributed by atoms with E-state index in [-0.39, 0.29) is 5.96 Å². The van der Waals surface area contributed by atoms with Gasteiger partial charge in [-0.1, -0.05) is 19.1 Å². The number of aliphatic imine (C=N–C) groups is 1. The first-order valence-electron chi connectivity index (χ1n) is 3.67. The van der Waals surface area contributed by atoms with Crippen LogP contribution in [-0.2, 0) is 10.4 Å². The summed E-state index contributed by atoms with van der Waals surface area (Å²) in [4.78, 5) is 3.75. The Kier molecular flexibility index (Phi) is 9.30. The van der Waals surface area contributed by atoms with Crippen LogP contribution in [0.1, 0.15) is 13.3 Å². The van der Waals surface area contributed by atoms with Gasteiger partial charge in [-0.2, -0.15) is 8.42 Å². The maximum absolute atomic E-state index is 8.74. The summed E-state index contributed by atoms with van der Waals surface area (Å²) in [6, 6.07) is 0. The quantitative estimate of drug-likeness (QED) is 0.222. The summed E-state index contributed by atoms with van der Waals surface area (Å²) < 4.78 is 31.6. The lowest BCUT2D eigenvalue weighted by atomic mass is 10.4. The summed E-state index contributed by atoms with van der Waals surface area (Å²) >= 11 is 0. The number of nitrogens with zero attached hydrogens (tertiary/aromatic N) is 1. The van der Waals surface area contributed by atoms with E-state index < -0.39 is 10.4 Å². The lowest BCUT2D eigenvalue weighted by molar-refractivity contribution is 0.381. The van der Waals surface area contributed by atoms with Crippen LogP contribution in [0.5, 0.6) is 0 Å². The Balaban J connectivity index is 0. The van der Waals surface area contributed by atoms with E-state index in [0.29, 0.717) is 6.54 Å². The fourth-order valence-corrected chi connectivity index (χ4v) is 0.399. The van der Waals surface area contributed by atoms with Gasteiger partial charge in [0.15, 0.2) is 5.96 Å². The van der Waals surface area contributed by atoms with Gasteiger partial charge in [0, 0.05) is 0 Å². The minimum Gasteiger partial charge on any atom is -0.370 e. The van der Waals surface area contributed by atoms with Crippen LogP contribution >= 0.6 is 0 Å². The zero-order valence-electron chi connectivity index (χ0n) is 7.79. The van der Waals surface area contributed by atoms with E-state index in [4.69, 9.17) is 29.0 Å². The average Bonchev–Trinajstić information content (AvgIpc) is 1.94. The zero-order valence-corrected chi connectivity index (χ0v) is 8.61. The Bertz CT molecular complexity index is 271. The highest BCUT2D eigenvalue weighted by Gasteiger charge is 1.84. The van der Waals surface area contributed by atoms with Crippen LogP contribution < -0.4 is 11.5 Å². The van der Waals surface area contributed by atoms with Gasteiger partial charge in [0.25, 0.3) is 0 Å². The first-order valence-corrected chi connectivity index (χ1v) is 5.07. The SMILES string of the molecule is CC/C=C/CN=C(N)N.O=S(=O)(O)O. The van der Waals surface area contributed by atoms with Gasteiger partial charge in [-0.3, -0.25) is 9.11 Å². The molecular formula is C6H15N3O4S. The van der Waals surface area contributed by atoms with Gasteiger partial charge in [-0.25, -0.2) is 4.99 Å². The van der Waals surface area contributed by atoms with Crippen LogP contribution in [0, 0.1) is 0 Å². The topological polar surface area (TPSA) is 139 Å². The van der Waals surface area contributed by atoms with E-state index in [0.717, 1.165) is 6.42 Å². The monoisotopic (exact) mass is 225 g/mol. The molecule has 0 fully saturated rings. The van der Waals surface area contributed by atoms with Crippen LogP contribution in [0.2, 0.25) is 0 Å². The number of nitrogens with two attached hydrogens (primary N) is 2. The van der Waals surface area contributed by atoms with Crippen molar-refractivity contribution in [3.63, 3.8) is 0 Å². The van der Waals surface area contributed by atoms with Gasteiger partial charge < -0.3 is 11.5 Å². The number of rotatable bonds is 3. The van der Waals surface area contributed by atoms with Crippen molar-refractivity contribution in [2.75, 3.05) is 6.54 Å². The Morgan fingerprint density at radius 1 is 1.36 bits per heavy atom. The van der Waals surface area contributed by atoms with Gasteiger partial charge >= 0.3 is 10.4 Å². The molecule has 0 saturated carbocycles. The van der Waals surface area contributed by atoms with E-state index in [1.54, 1.807) is 0 Å². The molecule has 7 nitrogen and oxygen atoms in total. The first kappa shape index (κ1) is 15.4. The molecule has 0 aromatic carbocycles. The van der Waals surface area contributed by atoms with Crippen molar-refractivity contribution in [1.29, 1.82) is 0 Å². The molecule has 8 heteroatoms. The Morgan fingerprint density at radius 2 is 1.79 bits per heavy atom. The summed E-state index contributed by atoms with van der Waals surface area (Å²) in [5, 5.41) is 0. The number of guanidine groups is 1. The molecule has 0 saturated heterocycles. The summed E-state index contributed by atoms with van der Waals surface area (Å²) in [5.74, 6) is 0.149. The highest BCUT2D eigenvalue weighted by Crippen LogP contribution is 1.78. The van der Waals surface area contributed by atoms with Gasteiger partial charge in [0.1, 0.15) is 0 Å². The molecule has 84 valence electrons. The van der Waals surface area contributed by atoms with Crippen LogP contribution in [0.3, 0.4) is 0 Å². The average molecular weight is 225 g/mol. The molecule has 0 aliphatic carbocycles. The second kappa shape index (κ2) is 8.48. The Morgan fingerprint density at radius 3 is 2.07 bits per heavy atom. The minimum absolute atomic E-state index is 0.149. The maximum Gasteiger partial charge on any atom is 0.394 e. The predicted octanol–water partition coefficient (Wildman–Crippen LogP) is -0.427. The molecule has 0 aromatic rings. The van der Waals surface area contributed by atoms with E-state index >= 15 is 0 Å². The molecule has 0 radical (unpaired) electrons. The maximum atomic E-state index is 8.74. The largest absolute Gasteiger partial charge is 0.394 e. The standard InChI is InChI=1S/C6H13N3.H2O4S/c1-2-3-4-5-9-6(7)8;1-5(2,3)4/h3-4H,2,5H2,1H3,(H4,7,8,9);(H2,1,2,3,4)/b4-3+;. The van der Waals surface area contributed by atoms with Crippen molar-refractivity contribution in [3.05, 3.63) is 12.2 Å². The van der Waals surface area contributed by atoms with E-state index in [1.165, 1.54) is 0 Å². The molecule has 0 aliphatic heterocycles. The van der Waals surface area contributed by atoms with Gasteiger partial charge in [-0.15, -0.1) is 0 Å². The minimum atomic E-state index is -4.67. The zero-order chi connectivity index (χ0) is 11.6. The summed E-state index contributed by atoms with van der Waals surface area (Å²) in [5.41, 5.74) is 10.1. The molecule has 0 aromatic heterocycles. The first-order chi connectivity index (χ1) is 6.27. The van der Waals surface area contributed by atoms with Crippen molar-refractivity contribution >= 4 is 16.4 Å². The Hall–Kier alpha value is -1.12. The molecule has 0 spiro atoms. The normalized spacial score (nSPS) is 10.5. The molecule has 0 unspecified atom stereocenters. The second-order valence-corrected chi connectivity index (χ2v) is 2.99. The number of hydrogen-bond donors (Lipinski definition) is 4. The third-order valence-corrected chi connectivity index (χ3v) is 0.782. The molecule has 0 atom stereocenters. The van der Waals surface area contributed by atoms with Crippen LogP contribution in [0.15, 0.2) is 17.1 Å². The third kappa shape index (κ3) is 44.6. The highest BCUT2D eigenvalue weighted by atomic mass is 32.3. The van der Waals surface area contributed by atoms with Crippen LogP contribution in [-0.4, -0.2) is 30.0 Å². The molecule has 0 bridgehead atoms. The summed E-state index contributed by atoms with van der Waals surface area (Å²) in [7, 11) is -4.67. The number of allylic oxidation sites excluding steroid dienone is 1. The van der Waals surface area contributed by atoms with Crippen LogP contribution in [0.25, 0.3) is 0 Å². The third-order valence-electron chi connectivity index (χ3n) is 0.782. The molecule has 0 aliphatic rings. The predicted molar refractivity (Wildman–Crippen MR) is 54.3 cm³/mol. The van der Waals surface area contributed by atoms with Crippen molar-refractivity contribution < 1.29 is 17.5 Å². The van der Waals surface area contributed by atoms with Gasteiger partial charge in [0.2, 0.25) is 0 Å². The lowest BCUT2D eigenvalue weighted by Crippen LogP contribution is -2.22. The lowest BCUT2D eigenvalue weighted by Gasteiger charge is -1.85. The molecule has 0 amide bonds. The van der Waals surface area contributed by atoms with Crippen molar-refractivity contribution in [2.45, 2.75) is 13.3 Å². The second-order valence-electron chi connectivity index (χ2n) is 2.09. The molecule has 0 rings (SSSR count). The van der Waals surface area contributed by atoms with E-state index in [1.807, 2.05) is 12.2 Å².